The lowest BCUT2D eigenvalue weighted by atomic mass is 10.2. The second-order valence-corrected chi connectivity index (χ2v) is 4.65. The fourth-order valence-electron chi connectivity index (χ4n) is 1.43. The van der Waals surface area contributed by atoms with Crippen LogP contribution in [0.25, 0.3) is 0 Å². The highest BCUT2D eigenvalue weighted by Gasteiger charge is 2.05. The van der Waals surface area contributed by atoms with Crippen molar-refractivity contribution in [3.05, 3.63) is 52.1 Å². The Balaban J connectivity index is 2.26. The van der Waals surface area contributed by atoms with Gasteiger partial charge in [-0.15, -0.1) is 0 Å². The molecule has 0 aliphatic heterocycles. The monoisotopic (exact) mass is 292 g/mol. The average Bonchev–Trinajstić information content (AvgIpc) is 2.34. The summed E-state index contributed by atoms with van der Waals surface area (Å²) >= 11 is 3.41. The summed E-state index contributed by atoms with van der Waals surface area (Å²) < 4.78 is 6.69. The Labute approximate surface area is 109 Å². The van der Waals surface area contributed by atoms with Crippen LogP contribution in [0.3, 0.4) is 0 Å². The molecule has 1 aromatic carbocycles. The lowest BCUT2D eigenvalue weighted by Crippen LogP contribution is -2.00. The molecular weight excluding hydrogens is 280 g/mol. The molecule has 2 aromatic rings. The zero-order valence-electron chi connectivity index (χ0n) is 9.48. The molecule has 0 saturated carbocycles. The molecular formula is C13H13BrN2O. The molecule has 4 heteroatoms. The standard InChI is InChI=1S/C13H13BrN2O/c1-9-2-5-13(16-8-9)17-12-4-3-11(14)6-10(12)7-15/h2-6,8H,7,15H2,1H3. The Morgan fingerprint density at radius 2 is 2.12 bits per heavy atom. The van der Waals surface area contributed by atoms with Crippen LogP contribution in [0, 0.1) is 6.92 Å². The molecule has 3 nitrogen and oxygen atoms in total. The number of nitrogens with two attached hydrogens (primary N) is 1. The molecule has 2 N–H and O–H groups in total. The van der Waals surface area contributed by atoms with Crippen LogP contribution in [0.15, 0.2) is 41.0 Å². The van der Waals surface area contributed by atoms with Crippen LogP contribution < -0.4 is 10.5 Å². The van der Waals surface area contributed by atoms with Crippen molar-refractivity contribution in [3.63, 3.8) is 0 Å². The molecule has 0 radical (unpaired) electrons. The summed E-state index contributed by atoms with van der Waals surface area (Å²) in [5.41, 5.74) is 7.73. The molecule has 0 bridgehead atoms. The molecule has 0 spiro atoms. The first-order chi connectivity index (χ1) is 8.19. The smallest absolute Gasteiger partial charge is 0.219 e. The zero-order chi connectivity index (χ0) is 12.3. The lowest BCUT2D eigenvalue weighted by molar-refractivity contribution is 0.457. The minimum Gasteiger partial charge on any atom is -0.439 e. The van der Waals surface area contributed by atoms with Gasteiger partial charge in [-0.2, -0.15) is 0 Å². The van der Waals surface area contributed by atoms with Crippen molar-refractivity contribution in [1.29, 1.82) is 0 Å². The van der Waals surface area contributed by atoms with Gasteiger partial charge in [-0.1, -0.05) is 22.0 Å². The van der Waals surface area contributed by atoms with Crippen molar-refractivity contribution in [2.75, 3.05) is 0 Å². The van der Waals surface area contributed by atoms with Gasteiger partial charge in [-0.3, -0.25) is 0 Å². The summed E-state index contributed by atoms with van der Waals surface area (Å²) in [6.45, 7) is 2.42. The maximum Gasteiger partial charge on any atom is 0.219 e. The topological polar surface area (TPSA) is 48.1 Å². The van der Waals surface area contributed by atoms with Gasteiger partial charge in [0.2, 0.25) is 5.88 Å². The van der Waals surface area contributed by atoms with E-state index in [1.165, 1.54) is 0 Å². The number of benzene rings is 1. The van der Waals surface area contributed by atoms with Gasteiger partial charge in [0.05, 0.1) is 0 Å². The van der Waals surface area contributed by atoms with Crippen LogP contribution in [0.4, 0.5) is 0 Å². The number of hydrogen-bond donors (Lipinski definition) is 1. The molecule has 1 aromatic heterocycles. The Kier molecular flexibility index (Phi) is 3.76. The summed E-state index contributed by atoms with van der Waals surface area (Å²) in [5.74, 6) is 1.32. The van der Waals surface area contributed by atoms with E-state index < -0.39 is 0 Å². The highest BCUT2D eigenvalue weighted by molar-refractivity contribution is 9.10. The summed E-state index contributed by atoms with van der Waals surface area (Å²) in [7, 11) is 0. The minimum absolute atomic E-state index is 0.431. The Morgan fingerprint density at radius 3 is 2.76 bits per heavy atom. The molecule has 0 fully saturated rings. The van der Waals surface area contributed by atoms with Crippen molar-refractivity contribution in [2.24, 2.45) is 5.73 Å². The van der Waals surface area contributed by atoms with Gasteiger partial charge >= 0.3 is 0 Å². The molecule has 0 saturated heterocycles. The number of hydrogen-bond acceptors (Lipinski definition) is 3. The highest BCUT2D eigenvalue weighted by Crippen LogP contribution is 2.26. The molecule has 0 amide bonds. The van der Waals surface area contributed by atoms with Crippen molar-refractivity contribution < 1.29 is 4.74 Å². The second-order valence-electron chi connectivity index (χ2n) is 3.73. The van der Waals surface area contributed by atoms with Gasteiger partial charge in [-0.05, 0) is 30.7 Å². The number of aryl methyl sites for hydroxylation is 1. The van der Waals surface area contributed by atoms with Crippen LogP contribution >= 0.6 is 15.9 Å². The first-order valence-corrected chi connectivity index (χ1v) is 6.07. The number of nitrogens with zero attached hydrogens (tertiary/aromatic N) is 1. The molecule has 2 rings (SSSR count). The van der Waals surface area contributed by atoms with E-state index in [4.69, 9.17) is 10.5 Å². The van der Waals surface area contributed by atoms with E-state index in [1.807, 2.05) is 37.3 Å². The van der Waals surface area contributed by atoms with Gasteiger partial charge in [0.15, 0.2) is 0 Å². The maximum absolute atomic E-state index is 5.70. The highest BCUT2D eigenvalue weighted by atomic mass is 79.9. The second kappa shape index (κ2) is 5.29. The SMILES string of the molecule is Cc1ccc(Oc2ccc(Br)cc2CN)nc1. The van der Waals surface area contributed by atoms with Gasteiger partial charge < -0.3 is 10.5 Å². The van der Waals surface area contributed by atoms with Crippen molar-refractivity contribution in [2.45, 2.75) is 13.5 Å². The van der Waals surface area contributed by atoms with Crippen molar-refractivity contribution in [1.82, 2.24) is 4.98 Å². The third-order valence-electron chi connectivity index (χ3n) is 2.34. The Hall–Kier alpha value is -1.39. The predicted octanol–water partition coefficient (Wildman–Crippen LogP) is 3.40. The summed E-state index contributed by atoms with van der Waals surface area (Å²) in [5, 5.41) is 0. The van der Waals surface area contributed by atoms with Crippen LogP contribution in [-0.2, 0) is 6.54 Å². The summed E-state index contributed by atoms with van der Waals surface area (Å²) in [4.78, 5) is 4.20. The van der Waals surface area contributed by atoms with E-state index in [-0.39, 0.29) is 0 Å². The number of aromatic nitrogens is 1. The predicted molar refractivity (Wildman–Crippen MR) is 71.1 cm³/mol. The quantitative estimate of drug-likeness (QED) is 0.943. The first kappa shape index (κ1) is 12.1. The molecule has 0 aliphatic rings. The fourth-order valence-corrected chi connectivity index (χ4v) is 1.84. The normalized spacial score (nSPS) is 10.3. The Bertz CT molecular complexity index is 511. The Morgan fingerprint density at radius 1 is 1.29 bits per heavy atom. The van der Waals surface area contributed by atoms with Crippen LogP contribution in [0.1, 0.15) is 11.1 Å². The molecule has 1 heterocycles. The third-order valence-corrected chi connectivity index (χ3v) is 2.83. The average molecular weight is 293 g/mol. The zero-order valence-corrected chi connectivity index (χ0v) is 11.1. The van der Waals surface area contributed by atoms with E-state index in [0.29, 0.717) is 12.4 Å². The summed E-state index contributed by atoms with van der Waals surface area (Å²) in [6.07, 6.45) is 1.77. The van der Waals surface area contributed by atoms with Crippen LogP contribution in [-0.4, -0.2) is 4.98 Å². The number of pyridine rings is 1. The minimum atomic E-state index is 0.431. The third kappa shape index (κ3) is 3.05. The fraction of sp³-hybridized carbons (Fsp3) is 0.154. The van der Waals surface area contributed by atoms with Crippen molar-refractivity contribution >= 4 is 15.9 Å². The number of halogens is 1. The van der Waals surface area contributed by atoms with Gasteiger partial charge in [0.1, 0.15) is 5.75 Å². The molecule has 0 atom stereocenters. The van der Waals surface area contributed by atoms with Gasteiger partial charge in [0.25, 0.3) is 0 Å². The van der Waals surface area contributed by atoms with E-state index in [2.05, 4.69) is 20.9 Å². The van der Waals surface area contributed by atoms with E-state index >= 15 is 0 Å². The molecule has 0 unspecified atom stereocenters. The first-order valence-electron chi connectivity index (χ1n) is 5.28. The molecule has 0 aliphatic carbocycles. The summed E-state index contributed by atoms with van der Waals surface area (Å²) in [6, 6.07) is 9.56. The van der Waals surface area contributed by atoms with Gasteiger partial charge in [0, 0.05) is 28.8 Å². The molecule has 88 valence electrons. The maximum atomic E-state index is 5.70. The van der Waals surface area contributed by atoms with E-state index in [9.17, 15) is 0 Å². The van der Waals surface area contributed by atoms with Crippen LogP contribution in [0.2, 0.25) is 0 Å². The van der Waals surface area contributed by atoms with Crippen molar-refractivity contribution in [3.8, 4) is 11.6 Å². The van der Waals surface area contributed by atoms with E-state index in [1.54, 1.807) is 6.20 Å². The number of ether oxygens (including phenoxy) is 1. The number of rotatable bonds is 3. The lowest BCUT2D eigenvalue weighted by Gasteiger charge is -2.09. The van der Waals surface area contributed by atoms with Crippen LogP contribution in [0.5, 0.6) is 11.6 Å². The van der Waals surface area contributed by atoms with E-state index in [0.717, 1.165) is 21.3 Å². The molecule has 17 heavy (non-hydrogen) atoms. The van der Waals surface area contributed by atoms with Gasteiger partial charge in [-0.25, -0.2) is 4.98 Å². The largest absolute Gasteiger partial charge is 0.439 e.